The zero-order valence-electron chi connectivity index (χ0n) is 15.1. The number of hydrogen-bond acceptors (Lipinski definition) is 3. The second kappa shape index (κ2) is 5.90. The van der Waals surface area contributed by atoms with Crippen LogP contribution in [0.4, 0.5) is 0 Å². The third-order valence-electron chi connectivity index (χ3n) is 5.13. The Bertz CT molecular complexity index is 654. The van der Waals surface area contributed by atoms with Crippen LogP contribution in [0.15, 0.2) is 6.07 Å². The number of primary amides is 1. The molecule has 0 radical (unpaired) electrons. The van der Waals surface area contributed by atoms with Gasteiger partial charge in [0.2, 0.25) is 5.91 Å². The van der Waals surface area contributed by atoms with Gasteiger partial charge < -0.3 is 10.6 Å². The van der Waals surface area contributed by atoms with E-state index in [4.69, 9.17) is 5.73 Å². The lowest BCUT2D eigenvalue weighted by Gasteiger charge is -2.36. The smallest absolute Gasteiger partial charge is 0.274 e. The van der Waals surface area contributed by atoms with Crippen LogP contribution in [-0.2, 0) is 10.3 Å². The van der Waals surface area contributed by atoms with Gasteiger partial charge in [0.15, 0.2) is 5.69 Å². The summed E-state index contributed by atoms with van der Waals surface area (Å²) < 4.78 is 2.00. The normalized spacial score (nSPS) is 24.9. The molecule has 2 N–H and O–H groups in total. The van der Waals surface area contributed by atoms with Gasteiger partial charge in [-0.3, -0.25) is 14.3 Å². The fourth-order valence-corrected chi connectivity index (χ4v) is 3.48. The lowest BCUT2D eigenvalue weighted by molar-refractivity contribution is -0.123. The number of nitrogens with two attached hydrogens (primary N) is 1. The molecule has 2 atom stereocenters. The van der Waals surface area contributed by atoms with E-state index in [9.17, 15) is 9.59 Å². The molecule has 1 aliphatic carbocycles. The molecule has 0 bridgehead atoms. The molecular weight excluding hydrogens is 304 g/mol. The van der Waals surface area contributed by atoms with E-state index in [2.05, 4.69) is 25.9 Å². The molecule has 1 aliphatic heterocycles. The van der Waals surface area contributed by atoms with Crippen molar-refractivity contribution < 1.29 is 9.59 Å². The van der Waals surface area contributed by atoms with Crippen LogP contribution in [0.1, 0.15) is 75.5 Å². The highest BCUT2D eigenvalue weighted by Gasteiger charge is 2.36. The van der Waals surface area contributed by atoms with Crippen molar-refractivity contribution in [3.05, 3.63) is 17.5 Å². The van der Waals surface area contributed by atoms with Crippen molar-refractivity contribution in [3.63, 3.8) is 0 Å². The van der Waals surface area contributed by atoms with Gasteiger partial charge in [-0.15, -0.1) is 0 Å². The van der Waals surface area contributed by atoms with Gasteiger partial charge in [-0.2, -0.15) is 5.10 Å². The van der Waals surface area contributed by atoms with Gasteiger partial charge >= 0.3 is 0 Å². The Hall–Kier alpha value is -1.85. The number of hydrogen-bond donors (Lipinski definition) is 1. The molecule has 1 aromatic rings. The zero-order chi connectivity index (χ0) is 17.6. The molecule has 2 fully saturated rings. The molecule has 2 amide bonds. The number of carbonyl (C=O) groups is 2. The number of likely N-dealkylation sites (tertiary alicyclic amines) is 1. The highest BCUT2D eigenvalue weighted by Crippen LogP contribution is 2.42. The summed E-state index contributed by atoms with van der Waals surface area (Å²) in [5.41, 5.74) is 6.94. The van der Waals surface area contributed by atoms with Gasteiger partial charge in [0.05, 0.1) is 11.5 Å². The molecule has 132 valence electrons. The van der Waals surface area contributed by atoms with Gasteiger partial charge in [0.25, 0.3) is 5.91 Å². The van der Waals surface area contributed by atoms with Crippen molar-refractivity contribution in [2.45, 2.75) is 70.9 Å². The summed E-state index contributed by atoms with van der Waals surface area (Å²) in [6.07, 6.45) is 3.89. The third-order valence-corrected chi connectivity index (χ3v) is 5.13. The van der Waals surface area contributed by atoms with Gasteiger partial charge in [-0.1, -0.05) is 0 Å². The first kappa shape index (κ1) is 17.0. The number of amides is 2. The van der Waals surface area contributed by atoms with Crippen LogP contribution < -0.4 is 5.73 Å². The molecule has 2 heterocycles. The highest BCUT2D eigenvalue weighted by molar-refractivity contribution is 5.93. The Labute approximate surface area is 143 Å². The number of carbonyl (C=O) groups excluding carboxylic acids is 2. The molecule has 24 heavy (non-hydrogen) atoms. The van der Waals surface area contributed by atoms with Crippen LogP contribution in [0.5, 0.6) is 0 Å². The van der Waals surface area contributed by atoms with Gasteiger partial charge in [-0.25, -0.2) is 0 Å². The molecule has 3 rings (SSSR count). The molecule has 1 saturated heterocycles. The molecular formula is C18H28N4O2. The van der Waals surface area contributed by atoms with Crippen molar-refractivity contribution in [3.8, 4) is 0 Å². The molecule has 2 aliphatic rings. The van der Waals surface area contributed by atoms with Crippen molar-refractivity contribution in [2.75, 3.05) is 6.54 Å². The molecule has 0 unspecified atom stereocenters. The minimum absolute atomic E-state index is 0.0849. The van der Waals surface area contributed by atoms with E-state index in [-0.39, 0.29) is 29.3 Å². The number of piperidine rings is 1. The minimum Gasteiger partial charge on any atom is -0.369 e. The second-order valence-corrected chi connectivity index (χ2v) is 8.29. The van der Waals surface area contributed by atoms with E-state index in [1.165, 1.54) is 12.8 Å². The third kappa shape index (κ3) is 3.19. The Morgan fingerprint density at radius 1 is 1.21 bits per heavy atom. The monoisotopic (exact) mass is 332 g/mol. The van der Waals surface area contributed by atoms with E-state index in [1.807, 2.05) is 17.7 Å². The summed E-state index contributed by atoms with van der Waals surface area (Å²) >= 11 is 0. The van der Waals surface area contributed by atoms with Crippen LogP contribution >= 0.6 is 0 Å². The molecule has 0 aromatic carbocycles. The predicted molar refractivity (Wildman–Crippen MR) is 91.6 cm³/mol. The topological polar surface area (TPSA) is 81.2 Å². The van der Waals surface area contributed by atoms with Crippen molar-refractivity contribution in [2.24, 2.45) is 11.7 Å². The minimum atomic E-state index is -0.321. The van der Waals surface area contributed by atoms with E-state index in [0.29, 0.717) is 18.2 Å². The van der Waals surface area contributed by atoms with E-state index in [1.54, 1.807) is 4.90 Å². The fraction of sp³-hybridized carbons (Fsp3) is 0.722. The van der Waals surface area contributed by atoms with Crippen molar-refractivity contribution in [1.29, 1.82) is 0 Å². The maximum atomic E-state index is 13.0. The average molecular weight is 332 g/mol. The average Bonchev–Trinajstić information content (AvgIpc) is 3.23. The SMILES string of the molecule is C[C@@H]1CC[C@H](C(N)=O)CN1C(=O)c1cc(C2CC2)n(C(C)(C)C)n1. The maximum Gasteiger partial charge on any atom is 0.274 e. The standard InChI is InChI=1S/C18H28N4O2/c1-11-5-6-13(16(19)23)10-21(11)17(24)14-9-15(12-7-8-12)22(20-14)18(2,3)4/h9,11-13H,5-8,10H2,1-4H3,(H2,19,23)/t11-,13+/m1/s1. The molecule has 6 nitrogen and oxygen atoms in total. The Morgan fingerprint density at radius 2 is 1.88 bits per heavy atom. The molecule has 6 heteroatoms. The van der Waals surface area contributed by atoms with Crippen LogP contribution in [0, 0.1) is 5.92 Å². The first-order valence-corrected chi connectivity index (χ1v) is 8.89. The largest absolute Gasteiger partial charge is 0.369 e. The first-order valence-electron chi connectivity index (χ1n) is 8.89. The van der Waals surface area contributed by atoms with Crippen LogP contribution in [0.3, 0.4) is 0 Å². The van der Waals surface area contributed by atoms with E-state index >= 15 is 0 Å². The predicted octanol–water partition coefficient (Wildman–Crippen LogP) is 2.24. The number of rotatable bonds is 3. The summed E-state index contributed by atoms with van der Waals surface area (Å²) in [7, 11) is 0. The lowest BCUT2D eigenvalue weighted by atomic mass is 9.92. The van der Waals surface area contributed by atoms with Crippen LogP contribution in [-0.4, -0.2) is 39.1 Å². The summed E-state index contributed by atoms with van der Waals surface area (Å²) in [6.45, 7) is 8.74. The number of nitrogens with zero attached hydrogens (tertiary/aromatic N) is 3. The molecule has 0 spiro atoms. The van der Waals surface area contributed by atoms with Crippen molar-refractivity contribution in [1.82, 2.24) is 14.7 Å². The number of aromatic nitrogens is 2. The van der Waals surface area contributed by atoms with Gasteiger partial charge in [-0.05, 0) is 59.4 Å². The second-order valence-electron chi connectivity index (χ2n) is 8.29. The van der Waals surface area contributed by atoms with E-state index < -0.39 is 0 Å². The van der Waals surface area contributed by atoms with Crippen LogP contribution in [0.25, 0.3) is 0 Å². The van der Waals surface area contributed by atoms with E-state index in [0.717, 1.165) is 18.5 Å². The summed E-state index contributed by atoms with van der Waals surface area (Å²) in [4.78, 5) is 26.3. The maximum absolute atomic E-state index is 13.0. The Kier molecular flexibility index (Phi) is 4.18. The molecule has 1 aromatic heterocycles. The summed E-state index contributed by atoms with van der Waals surface area (Å²) in [5.74, 6) is -0.134. The van der Waals surface area contributed by atoms with Gasteiger partial charge in [0, 0.05) is 24.2 Å². The summed E-state index contributed by atoms with van der Waals surface area (Å²) in [6, 6.07) is 2.06. The Balaban J connectivity index is 1.88. The fourth-order valence-electron chi connectivity index (χ4n) is 3.48. The highest BCUT2D eigenvalue weighted by atomic mass is 16.2. The quantitative estimate of drug-likeness (QED) is 0.921. The zero-order valence-corrected chi connectivity index (χ0v) is 15.1. The van der Waals surface area contributed by atoms with Crippen LogP contribution in [0.2, 0.25) is 0 Å². The first-order chi connectivity index (χ1) is 11.2. The Morgan fingerprint density at radius 3 is 2.42 bits per heavy atom. The lowest BCUT2D eigenvalue weighted by Crippen LogP contribution is -2.48. The van der Waals surface area contributed by atoms with Crippen molar-refractivity contribution >= 4 is 11.8 Å². The van der Waals surface area contributed by atoms with Gasteiger partial charge in [0.1, 0.15) is 0 Å². The molecule has 1 saturated carbocycles. The summed E-state index contributed by atoms with van der Waals surface area (Å²) in [5, 5.41) is 4.63.